The van der Waals surface area contributed by atoms with Crippen LogP contribution >= 0.6 is 11.8 Å². The van der Waals surface area contributed by atoms with Gasteiger partial charge in [-0.1, -0.05) is 120 Å². The van der Waals surface area contributed by atoms with Gasteiger partial charge in [0.2, 0.25) is 0 Å². The van der Waals surface area contributed by atoms with Crippen molar-refractivity contribution in [3.63, 3.8) is 0 Å². The molecule has 0 spiro atoms. The standard InChI is InChI=1S/C50H44B2N2OS/c1-48(2,3)27-18-19-29-31-20-21-42-43-45(31)54-44-35(22-28(49(4,5)6)24-38(44)51(43)47-46(56-42)32-15-11-13-17-41(32)55-47)33-26-40-34(25-37(33)52(54)36(29)23-27)30-14-10-12-16-39(30)53(40)50(7,8)9/h10-26H,1-9H3. The first-order valence-electron chi connectivity index (χ1n) is 20.2. The normalized spacial score (nSPS) is 15.1. The number of benzene rings is 6. The lowest BCUT2D eigenvalue weighted by molar-refractivity contribution is 0.423. The second kappa shape index (κ2) is 10.5. The zero-order chi connectivity index (χ0) is 38.4. The Morgan fingerprint density at radius 2 is 1.25 bits per heavy atom. The Morgan fingerprint density at radius 1 is 0.554 bits per heavy atom. The van der Waals surface area contributed by atoms with Crippen LogP contribution in [0.3, 0.4) is 0 Å². The Balaban J connectivity index is 1.29. The van der Waals surface area contributed by atoms with Crippen LogP contribution in [0.2, 0.25) is 0 Å². The molecule has 0 unspecified atom stereocenters. The molecule has 56 heavy (non-hydrogen) atoms. The zero-order valence-electron chi connectivity index (χ0n) is 33.7. The van der Waals surface area contributed by atoms with Crippen molar-refractivity contribution in [3.05, 3.63) is 114 Å². The molecule has 2 aromatic heterocycles. The molecule has 4 aliphatic rings. The highest BCUT2D eigenvalue weighted by Crippen LogP contribution is 2.52. The van der Waals surface area contributed by atoms with E-state index in [1.165, 1.54) is 104 Å². The van der Waals surface area contributed by atoms with Crippen molar-refractivity contribution < 1.29 is 4.42 Å². The maximum Gasteiger partial charge on any atom is 0.329 e. The zero-order valence-corrected chi connectivity index (χ0v) is 34.5. The van der Waals surface area contributed by atoms with Crippen LogP contribution in [-0.4, -0.2) is 18.1 Å². The highest BCUT2D eigenvalue weighted by atomic mass is 32.2. The molecule has 0 radical (unpaired) electrons. The number of anilines is 2. The summed E-state index contributed by atoms with van der Waals surface area (Å²) in [5.74, 6) is 0. The van der Waals surface area contributed by atoms with Crippen LogP contribution in [0.4, 0.5) is 11.4 Å². The maximum atomic E-state index is 7.03. The van der Waals surface area contributed by atoms with Gasteiger partial charge in [0.1, 0.15) is 5.58 Å². The van der Waals surface area contributed by atoms with Crippen LogP contribution in [-0.2, 0) is 16.4 Å². The van der Waals surface area contributed by atoms with E-state index in [-0.39, 0.29) is 29.9 Å². The van der Waals surface area contributed by atoms with Gasteiger partial charge < -0.3 is 13.8 Å². The van der Waals surface area contributed by atoms with Gasteiger partial charge in [0.15, 0.2) is 0 Å². The quantitative estimate of drug-likeness (QED) is 0.145. The number of fused-ring (bicyclic) bond motifs is 14. The number of nitrogens with zero attached hydrogens (tertiary/aromatic N) is 2. The van der Waals surface area contributed by atoms with Crippen molar-refractivity contribution in [3.8, 4) is 22.3 Å². The average molecular weight is 743 g/mol. The second-order valence-corrected chi connectivity index (χ2v) is 20.8. The summed E-state index contributed by atoms with van der Waals surface area (Å²) in [6, 6.07) is 40.1. The Morgan fingerprint density at radius 3 is 2.02 bits per heavy atom. The molecule has 6 aromatic carbocycles. The molecule has 0 bridgehead atoms. The van der Waals surface area contributed by atoms with E-state index in [0.29, 0.717) is 0 Å². The molecule has 6 heteroatoms. The molecule has 0 atom stereocenters. The molecular formula is C50H44B2N2OS. The summed E-state index contributed by atoms with van der Waals surface area (Å²) in [5, 5.41) is 3.86. The summed E-state index contributed by atoms with van der Waals surface area (Å²) >= 11 is 1.90. The molecule has 0 N–H and O–H groups in total. The van der Waals surface area contributed by atoms with Gasteiger partial charge in [-0.2, -0.15) is 0 Å². The van der Waals surface area contributed by atoms with Gasteiger partial charge in [-0.25, -0.2) is 0 Å². The third kappa shape index (κ3) is 4.13. The Kier molecular flexibility index (Phi) is 6.18. The fourth-order valence-electron chi connectivity index (χ4n) is 10.6. The van der Waals surface area contributed by atoms with Crippen LogP contribution in [0.1, 0.15) is 73.4 Å². The monoisotopic (exact) mass is 742 g/mol. The predicted molar refractivity (Wildman–Crippen MR) is 241 cm³/mol. The van der Waals surface area contributed by atoms with Crippen molar-refractivity contribution >= 4 is 97.0 Å². The van der Waals surface area contributed by atoms with Gasteiger partial charge in [0.05, 0.1) is 16.1 Å². The number of rotatable bonds is 0. The molecule has 0 fully saturated rings. The predicted octanol–water partition coefficient (Wildman–Crippen LogP) is 10.1. The Bertz CT molecular complexity index is 3090. The molecule has 4 aliphatic heterocycles. The summed E-state index contributed by atoms with van der Waals surface area (Å²) in [6.45, 7) is 21.1. The van der Waals surface area contributed by atoms with Crippen LogP contribution in [0.15, 0.2) is 117 Å². The third-order valence-corrected chi connectivity index (χ3v) is 14.4. The molecular weight excluding hydrogens is 698 g/mol. The molecule has 0 saturated heterocycles. The van der Waals surface area contributed by atoms with Crippen molar-refractivity contribution in [2.75, 3.05) is 4.81 Å². The van der Waals surface area contributed by atoms with E-state index >= 15 is 0 Å². The highest BCUT2D eigenvalue weighted by molar-refractivity contribution is 8.00. The van der Waals surface area contributed by atoms with Gasteiger partial charge >= 0.3 is 6.85 Å². The largest absolute Gasteiger partial charge is 0.469 e. The van der Waals surface area contributed by atoms with Crippen molar-refractivity contribution in [2.45, 2.75) is 88.5 Å². The van der Waals surface area contributed by atoms with Crippen LogP contribution in [0.5, 0.6) is 0 Å². The molecule has 0 saturated carbocycles. The second-order valence-electron chi connectivity index (χ2n) is 19.7. The number of hydrogen-bond donors (Lipinski definition) is 0. The number of para-hydroxylation sites is 2. The third-order valence-electron chi connectivity index (χ3n) is 13.2. The molecule has 3 nitrogen and oxygen atoms in total. The van der Waals surface area contributed by atoms with E-state index in [1.807, 2.05) is 11.8 Å². The van der Waals surface area contributed by atoms with E-state index in [0.717, 1.165) is 11.2 Å². The Hall–Kier alpha value is -5.06. The van der Waals surface area contributed by atoms with Crippen molar-refractivity contribution in [1.82, 2.24) is 4.57 Å². The summed E-state index contributed by atoms with van der Waals surface area (Å²) < 4.78 is 9.61. The van der Waals surface area contributed by atoms with E-state index in [9.17, 15) is 0 Å². The van der Waals surface area contributed by atoms with Crippen LogP contribution < -0.4 is 32.3 Å². The first-order chi connectivity index (χ1) is 26.7. The van der Waals surface area contributed by atoms with Crippen LogP contribution in [0, 0.1) is 0 Å². The lowest BCUT2D eigenvalue weighted by Gasteiger charge is -2.50. The minimum Gasteiger partial charge on any atom is -0.469 e. The van der Waals surface area contributed by atoms with E-state index in [1.54, 1.807) is 0 Å². The van der Waals surface area contributed by atoms with E-state index in [4.69, 9.17) is 4.42 Å². The van der Waals surface area contributed by atoms with Gasteiger partial charge in [-0.3, -0.25) is 0 Å². The average Bonchev–Trinajstić information content (AvgIpc) is 3.70. The van der Waals surface area contributed by atoms with Gasteiger partial charge in [-0.15, -0.1) is 0 Å². The smallest absolute Gasteiger partial charge is 0.329 e. The van der Waals surface area contributed by atoms with Crippen molar-refractivity contribution in [1.29, 1.82) is 0 Å². The Labute approximate surface area is 334 Å². The molecule has 0 amide bonds. The van der Waals surface area contributed by atoms with Crippen molar-refractivity contribution in [2.24, 2.45) is 0 Å². The lowest BCUT2D eigenvalue weighted by Crippen LogP contribution is -2.68. The molecule has 0 aliphatic carbocycles. The lowest BCUT2D eigenvalue weighted by atomic mass is 9.32. The van der Waals surface area contributed by atoms with Gasteiger partial charge in [0, 0.05) is 54.6 Å². The number of furan rings is 1. The molecule has 6 heterocycles. The first kappa shape index (κ1) is 33.1. The minimum absolute atomic E-state index is 0.0113. The summed E-state index contributed by atoms with van der Waals surface area (Å²) in [4.78, 5) is 5.38. The SMILES string of the molecule is CC(C)(C)c1ccc2c(c1)B1c3cc4c5ccccc5n(C(C)(C)C)c4cc3-c3cc(C(C)(C)C)cc4c3N1c1c-2ccc2c1B4c1oc3ccccc3c1S2. The van der Waals surface area contributed by atoms with E-state index in [2.05, 4.69) is 175 Å². The van der Waals surface area contributed by atoms with Gasteiger partial charge in [0.25, 0.3) is 6.71 Å². The maximum absolute atomic E-state index is 7.03. The minimum atomic E-state index is -0.107. The number of hydrogen-bond acceptors (Lipinski definition) is 3. The summed E-state index contributed by atoms with van der Waals surface area (Å²) in [7, 11) is 0. The topological polar surface area (TPSA) is 21.3 Å². The summed E-state index contributed by atoms with van der Waals surface area (Å²) in [6.07, 6.45) is 0. The summed E-state index contributed by atoms with van der Waals surface area (Å²) in [5.41, 5.74) is 20.8. The van der Waals surface area contributed by atoms with E-state index < -0.39 is 0 Å². The molecule has 8 aromatic rings. The fraction of sp³-hybridized carbons (Fsp3) is 0.240. The first-order valence-corrected chi connectivity index (χ1v) is 21.1. The van der Waals surface area contributed by atoms with Crippen LogP contribution in [0.25, 0.3) is 55.0 Å². The fourth-order valence-corrected chi connectivity index (χ4v) is 11.8. The molecule has 272 valence electrons. The number of aromatic nitrogens is 1. The highest BCUT2D eigenvalue weighted by Gasteiger charge is 2.53. The molecule has 12 rings (SSSR count). The van der Waals surface area contributed by atoms with Gasteiger partial charge in [-0.05, 0) is 112 Å².